The lowest BCUT2D eigenvalue weighted by Crippen LogP contribution is -2.21. The van der Waals surface area contributed by atoms with Gasteiger partial charge < -0.3 is 32.5 Å². The third-order valence-electron chi connectivity index (χ3n) is 7.57. The van der Waals surface area contributed by atoms with E-state index in [0.717, 1.165) is 34.9 Å². The normalized spacial score (nSPS) is 19.2. The standard InChI is InChI=1S/C17H16FNO2.C9H11NO.C7H6FNO2.CH3F/c18-14-6-5-11(7-15(14)19)16(20)9-13-12-4-2-1-3-10(12)8-17(13)21;10-9-7-4-2-1-3-6(7)5-8(9)11;8-5-2-1-4(7(10)11)3-6(5)9;1-2/h1-7,13,17,21H,8-9,19H2;1-4,8-9,11H,5,10H2;1-3H,9H2,(H,10,11);1H3/t13-,17+;8-,9+;;/m10../s1/i;;;1D. The first-order valence-corrected chi connectivity index (χ1v) is 13.9. The summed E-state index contributed by atoms with van der Waals surface area (Å²) in [5.74, 6) is -2.59. The van der Waals surface area contributed by atoms with Crippen molar-refractivity contribution in [2.24, 2.45) is 5.73 Å². The molecule has 0 saturated carbocycles. The SMILES string of the molecule is N[C@@H]1c2ccccc2C[C@@H]1O.Nc1cc(C(=O)C[C@@H]2c3ccccc3C[C@@H]2O)ccc1F.Nc1cc(C(=O)O)ccc1F.[2H]CF. The molecular formula is C34H36F3N3O5. The number of carboxylic acids is 1. The van der Waals surface area contributed by atoms with Crippen molar-refractivity contribution < 1.29 is 39.5 Å². The number of aliphatic hydroxyl groups excluding tert-OH is 2. The van der Waals surface area contributed by atoms with Gasteiger partial charge in [0.05, 0.1) is 43.7 Å². The number of aromatic carboxylic acids is 1. The quantitative estimate of drug-likeness (QED) is 0.136. The van der Waals surface area contributed by atoms with Gasteiger partial charge in [-0.2, -0.15) is 0 Å². The fourth-order valence-electron chi connectivity index (χ4n) is 5.22. The summed E-state index contributed by atoms with van der Waals surface area (Å²) in [5.41, 5.74) is 20.9. The topological polar surface area (TPSA) is 173 Å². The second kappa shape index (κ2) is 15.8. The predicted molar refractivity (Wildman–Crippen MR) is 167 cm³/mol. The van der Waals surface area contributed by atoms with Crippen LogP contribution < -0.4 is 17.2 Å². The van der Waals surface area contributed by atoms with Crippen LogP contribution in [0, 0.1) is 11.6 Å². The molecule has 4 aromatic carbocycles. The first-order chi connectivity index (χ1) is 21.9. The molecule has 9 N–H and O–H groups in total. The van der Waals surface area contributed by atoms with Crippen LogP contribution in [0.5, 0.6) is 0 Å². The first kappa shape index (κ1) is 33.2. The third-order valence-corrected chi connectivity index (χ3v) is 7.57. The van der Waals surface area contributed by atoms with E-state index in [2.05, 4.69) is 0 Å². The van der Waals surface area contributed by atoms with Crippen LogP contribution in [0.3, 0.4) is 0 Å². The Morgan fingerprint density at radius 1 is 0.800 bits per heavy atom. The molecule has 238 valence electrons. The average molecular weight is 625 g/mol. The number of carboxylic acid groups (broad SMARTS) is 1. The van der Waals surface area contributed by atoms with Crippen LogP contribution >= 0.6 is 0 Å². The van der Waals surface area contributed by atoms with Crippen molar-refractivity contribution in [1.29, 1.82) is 0 Å². The number of fused-ring (bicyclic) bond motifs is 2. The Kier molecular flexibility index (Phi) is 11.7. The number of carbonyl (C=O) groups is 2. The maximum Gasteiger partial charge on any atom is 0.335 e. The summed E-state index contributed by atoms with van der Waals surface area (Å²) in [4.78, 5) is 22.6. The highest BCUT2D eigenvalue weighted by molar-refractivity contribution is 5.97. The zero-order valence-corrected chi connectivity index (χ0v) is 24.2. The summed E-state index contributed by atoms with van der Waals surface area (Å²) >= 11 is 0. The minimum atomic E-state index is -1.11. The molecule has 2 aliphatic carbocycles. The number of nitrogens with two attached hydrogens (primary N) is 3. The van der Waals surface area contributed by atoms with E-state index in [9.17, 15) is 33.0 Å². The average Bonchev–Trinajstić information content (AvgIpc) is 3.50. The van der Waals surface area contributed by atoms with Gasteiger partial charge in [0.2, 0.25) is 0 Å². The maximum atomic E-state index is 13.1. The number of halogens is 3. The third kappa shape index (κ3) is 8.69. The van der Waals surface area contributed by atoms with Crippen LogP contribution in [-0.2, 0) is 12.8 Å². The Bertz CT molecular complexity index is 1660. The van der Waals surface area contributed by atoms with Gasteiger partial charge in [0, 0.05) is 24.3 Å². The Hall–Kier alpha value is -4.71. The van der Waals surface area contributed by atoms with E-state index in [1.165, 1.54) is 23.8 Å². The summed E-state index contributed by atoms with van der Waals surface area (Å²) in [6.45, 7) is 0. The molecule has 45 heavy (non-hydrogen) atoms. The molecule has 8 nitrogen and oxygen atoms in total. The van der Waals surface area contributed by atoms with Crippen LogP contribution in [-0.4, -0.2) is 46.4 Å². The second-order valence-corrected chi connectivity index (χ2v) is 10.5. The van der Waals surface area contributed by atoms with Gasteiger partial charge in [-0.15, -0.1) is 0 Å². The molecule has 2 aliphatic rings. The second-order valence-electron chi connectivity index (χ2n) is 10.5. The van der Waals surface area contributed by atoms with E-state index in [-0.39, 0.29) is 47.2 Å². The van der Waals surface area contributed by atoms with Crippen LogP contribution in [0.4, 0.5) is 24.5 Å². The molecule has 4 atom stereocenters. The summed E-state index contributed by atoms with van der Waals surface area (Å²) in [6, 6.07) is 22.8. The molecule has 0 unspecified atom stereocenters. The highest BCUT2D eigenvalue weighted by Gasteiger charge is 2.32. The van der Waals surface area contributed by atoms with Crippen LogP contribution in [0.1, 0.15) is 62.7 Å². The molecule has 0 amide bonds. The van der Waals surface area contributed by atoms with Crippen molar-refractivity contribution in [3.05, 3.63) is 130 Å². The molecular weight excluding hydrogens is 587 g/mol. The van der Waals surface area contributed by atoms with E-state index in [1.807, 2.05) is 48.5 Å². The van der Waals surface area contributed by atoms with Gasteiger partial charge in [0.25, 0.3) is 0 Å². The zero-order valence-electron chi connectivity index (χ0n) is 25.2. The van der Waals surface area contributed by atoms with Crippen LogP contribution in [0.25, 0.3) is 0 Å². The molecule has 0 spiro atoms. The number of rotatable bonds is 4. The van der Waals surface area contributed by atoms with Crippen molar-refractivity contribution in [2.45, 2.75) is 43.4 Å². The molecule has 0 aromatic heterocycles. The Morgan fingerprint density at radius 2 is 1.27 bits per heavy atom. The number of aliphatic hydroxyl groups is 2. The maximum absolute atomic E-state index is 13.1. The van der Waals surface area contributed by atoms with Gasteiger partial charge >= 0.3 is 5.97 Å². The lowest BCUT2D eigenvalue weighted by molar-refractivity contribution is 0.0696. The molecule has 0 bridgehead atoms. The summed E-state index contributed by atoms with van der Waals surface area (Å²) in [5, 5.41) is 28.0. The fraction of sp³-hybridized carbons (Fsp3) is 0.235. The number of ketones is 1. The number of nitrogen functional groups attached to an aromatic ring is 2. The van der Waals surface area contributed by atoms with Crippen LogP contribution in [0.15, 0.2) is 84.9 Å². The fourth-order valence-corrected chi connectivity index (χ4v) is 5.22. The van der Waals surface area contributed by atoms with Crippen molar-refractivity contribution in [1.82, 2.24) is 0 Å². The van der Waals surface area contributed by atoms with Gasteiger partial charge in [-0.05, 0) is 65.1 Å². The lowest BCUT2D eigenvalue weighted by Gasteiger charge is -2.15. The number of benzene rings is 4. The van der Waals surface area contributed by atoms with Crippen LogP contribution in [0.2, 0.25) is 0 Å². The number of Topliss-reactive ketones (excluding diaryl/α,β-unsaturated/α-hetero) is 1. The number of alkyl halides is 1. The zero-order chi connectivity index (χ0) is 34.0. The predicted octanol–water partition coefficient (Wildman–Crippen LogP) is 4.98. The van der Waals surface area contributed by atoms with E-state index < -0.39 is 30.9 Å². The molecule has 0 fully saturated rings. The van der Waals surface area contributed by atoms with Crippen molar-refractivity contribution in [3.63, 3.8) is 0 Å². The van der Waals surface area contributed by atoms with E-state index >= 15 is 0 Å². The number of anilines is 2. The minimum absolute atomic E-state index is 0.0103. The van der Waals surface area contributed by atoms with E-state index in [0.29, 0.717) is 18.4 Å². The van der Waals surface area contributed by atoms with Crippen molar-refractivity contribution in [2.75, 3.05) is 18.6 Å². The molecule has 0 aliphatic heterocycles. The highest BCUT2D eigenvalue weighted by atomic mass is 19.1. The Labute approximate surface area is 260 Å². The first-order valence-electron chi connectivity index (χ1n) is 14.6. The van der Waals surface area contributed by atoms with Gasteiger partial charge in [0.15, 0.2) is 5.78 Å². The van der Waals surface area contributed by atoms with Crippen molar-refractivity contribution in [3.8, 4) is 0 Å². The number of hydrogen-bond acceptors (Lipinski definition) is 7. The van der Waals surface area contributed by atoms with Gasteiger partial charge in [-0.1, -0.05) is 48.5 Å². The molecule has 0 saturated heterocycles. The summed E-state index contributed by atoms with van der Waals surface area (Å²) in [6.07, 6.45) is 0.539. The Morgan fingerprint density at radius 3 is 1.80 bits per heavy atom. The smallest absolute Gasteiger partial charge is 0.335 e. The van der Waals surface area contributed by atoms with Gasteiger partial charge in [0.1, 0.15) is 11.6 Å². The van der Waals surface area contributed by atoms with Gasteiger partial charge in [-0.3, -0.25) is 9.18 Å². The Balaban J connectivity index is 0.000000195. The highest BCUT2D eigenvalue weighted by Crippen LogP contribution is 2.36. The monoisotopic (exact) mass is 624 g/mol. The minimum Gasteiger partial charge on any atom is -0.478 e. The molecule has 4 aromatic rings. The number of carbonyl (C=O) groups excluding carboxylic acids is 1. The summed E-state index contributed by atoms with van der Waals surface area (Å²) < 4.78 is 41.1. The molecule has 0 heterocycles. The van der Waals surface area contributed by atoms with Crippen molar-refractivity contribution >= 4 is 23.1 Å². The lowest BCUT2D eigenvalue weighted by atomic mass is 9.91. The van der Waals surface area contributed by atoms with E-state index in [4.69, 9.17) is 23.7 Å². The molecule has 11 heteroatoms. The number of hydrogen-bond donors (Lipinski definition) is 6. The molecule has 0 radical (unpaired) electrons. The van der Waals surface area contributed by atoms with E-state index in [1.54, 1.807) is 0 Å². The largest absolute Gasteiger partial charge is 0.478 e. The summed E-state index contributed by atoms with van der Waals surface area (Å²) in [7, 11) is -1.00. The molecule has 6 rings (SSSR count). The van der Waals surface area contributed by atoms with Gasteiger partial charge in [-0.25, -0.2) is 13.6 Å².